The van der Waals surface area contributed by atoms with Crippen LogP contribution in [0.15, 0.2) is 40.9 Å². The first-order chi connectivity index (χ1) is 10.2. The maximum atomic E-state index is 12.2. The number of fused-ring (bicyclic) bond motifs is 1. The van der Waals surface area contributed by atoms with Crippen LogP contribution >= 0.6 is 15.9 Å². The quantitative estimate of drug-likeness (QED) is 0.763. The van der Waals surface area contributed by atoms with Gasteiger partial charge in [-0.15, -0.1) is 5.10 Å². The molecule has 2 N–H and O–H groups in total. The monoisotopic (exact) mass is 344 g/mol. The van der Waals surface area contributed by atoms with E-state index in [4.69, 9.17) is 0 Å². The molecule has 106 valence electrons. The summed E-state index contributed by atoms with van der Waals surface area (Å²) in [5.41, 5.74) is 0.738. The molecule has 0 aliphatic carbocycles. The average Bonchev–Trinajstić information content (AvgIpc) is 2.99. The number of halogens is 1. The second kappa shape index (κ2) is 5.65. The number of hydrogen-bond donors (Lipinski definition) is 2. The molecule has 1 amide bonds. The summed E-state index contributed by atoms with van der Waals surface area (Å²) in [7, 11) is 0. The van der Waals surface area contributed by atoms with Gasteiger partial charge in [0.15, 0.2) is 0 Å². The van der Waals surface area contributed by atoms with Crippen LogP contribution in [0.2, 0.25) is 0 Å². The van der Waals surface area contributed by atoms with Crippen LogP contribution in [0.1, 0.15) is 23.4 Å². The fraction of sp³-hybridized carbons (Fsp3) is 0.133. The van der Waals surface area contributed by atoms with E-state index >= 15 is 0 Å². The van der Waals surface area contributed by atoms with E-state index in [1.807, 2.05) is 43.3 Å². The average molecular weight is 345 g/mol. The summed E-state index contributed by atoms with van der Waals surface area (Å²) in [4.78, 5) is 16.3. The minimum Gasteiger partial charge on any atom is -0.319 e. The van der Waals surface area contributed by atoms with Gasteiger partial charge in [0, 0.05) is 22.0 Å². The number of carbonyl (C=O) groups is 1. The predicted octanol–water partition coefficient (Wildman–Crippen LogP) is 3.54. The Bertz CT molecular complexity index is 812. The fourth-order valence-corrected chi connectivity index (χ4v) is 2.58. The summed E-state index contributed by atoms with van der Waals surface area (Å²) in [6.07, 6.45) is 0.710. The van der Waals surface area contributed by atoms with Crippen molar-refractivity contribution in [1.82, 2.24) is 15.2 Å². The van der Waals surface area contributed by atoms with Gasteiger partial charge in [-0.1, -0.05) is 47.1 Å². The standard InChI is InChI=1S/C15H13BrN4O/c1-2-13-18-14(20-19-13)15(21)17-12-8-7-11(16)9-5-3-4-6-10(9)12/h3-8H,2H2,1H3,(H,17,21)(H,18,19,20). The molecule has 5 nitrogen and oxygen atoms in total. The van der Waals surface area contributed by atoms with Gasteiger partial charge in [-0.2, -0.15) is 0 Å². The van der Waals surface area contributed by atoms with E-state index in [1.165, 1.54) is 0 Å². The molecule has 0 saturated heterocycles. The molecule has 0 fully saturated rings. The molecule has 3 rings (SSSR count). The summed E-state index contributed by atoms with van der Waals surface area (Å²) in [6, 6.07) is 11.6. The van der Waals surface area contributed by atoms with Crippen LogP contribution in [0.25, 0.3) is 10.8 Å². The minimum atomic E-state index is -0.321. The summed E-state index contributed by atoms with van der Waals surface area (Å²) in [5.74, 6) is 0.526. The molecule has 3 aromatic rings. The second-order valence-corrected chi connectivity index (χ2v) is 5.41. The third kappa shape index (κ3) is 2.67. The van der Waals surface area contributed by atoms with Gasteiger partial charge in [-0.3, -0.25) is 9.89 Å². The van der Waals surface area contributed by atoms with Gasteiger partial charge in [-0.25, -0.2) is 4.98 Å². The van der Waals surface area contributed by atoms with Gasteiger partial charge < -0.3 is 5.32 Å². The molecule has 1 aromatic heterocycles. The lowest BCUT2D eigenvalue weighted by atomic mass is 10.1. The van der Waals surface area contributed by atoms with Crippen molar-refractivity contribution < 1.29 is 4.79 Å². The van der Waals surface area contributed by atoms with E-state index in [0.717, 1.165) is 20.9 Å². The number of nitrogens with zero attached hydrogens (tertiary/aromatic N) is 2. The van der Waals surface area contributed by atoms with E-state index in [-0.39, 0.29) is 11.7 Å². The number of aromatic amines is 1. The summed E-state index contributed by atoms with van der Waals surface area (Å²) >= 11 is 3.51. The Morgan fingerprint density at radius 1 is 1.24 bits per heavy atom. The zero-order chi connectivity index (χ0) is 14.8. The highest BCUT2D eigenvalue weighted by atomic mass is 79.9. The van der Waals surface area contributed by atoms with Crippen LogP contribution in [0, 0.1) is 0 Å². The van der Waals surface area contributed by atoms with Crippen molar-refractivity contribution in [3.63, 3.8) is 0 Å². The summed E-state index contributed by atoms with van der Waals surface area (Å²) in [5, 5.41) is 11.5. The maximum Gasteiger partial charge on any atom is 0.295 e. The molecule has 0 unspecified atom stereocenters. The van der Waals surface area contributed by atoms with Crippen molar-refractivity contribution in [3.8, 4) is 0 Å². The predicted molar refractivity (Wildman–Crippen MR) is 85.4 cm³/mol. The fourth-order valence-electron chi connectivity index (χ4n) is 2.10. The number of H-pyrrole nitrogens is 1. The highest BCUT2D eigenvalue weighted by molar-refractivity contribution is 9.10. The van der Waals surface area contributed by atoms with Crippen LogP contribution in [0.5, 0.6) is 0 Å². The Hall–Kier alpha value is -2.21. The number of benzene rings is 2. The summed E-state index contributed by atoms with van der Waals surface area (Å²) < 4.78 is 0.988. The zero-order valence-electron chi connectivity index (χ0n) is 11.4. The second-order valence-electron chi connectivity index (χ2n) is 4.55. The minimum absolute atomic E-state index is 0.152. The third-order valence-corrected chi connectivity index (χ3v) is 3.88. The Morgan fingerprint density at radius 3 is 2.71 bits per heavy atom. The van der Waals surface area contributed by atoms with E-state index in [9.17, 15) is 4.79 Å². The molecule has 0 spiro atoms. The summed E-state index contributed by atoms with van der Waals surface area (Å²) in [6.45, 7) is 1.95. The number of hydrogen-bond acceptors (Lipinski definition) is 3. The van der Waals surface area contributed by atoms with Crippen LogP contribution in [-0.2, 0) is 6.42 Å². The number of carbonyl (C=O) groups excluding carboxylic acids is 1. The Kier molecular flexibility index (Phi) is 3.70. The topological polar surface area (TPSA) is 70.7 Å². The van der Waals surface area contributed by atoms with Crippen molar-refractivity contribution in [2.24, 2.45) is 0 Å². The van der Waals surface area contributed by atoms with E-state index in [1.54, 1.807) is 0 Å². The molecule has 6 heteroatoms. The molecule has 1 heterocycles. The Balaban J connectivity index is 1.95. The number of rotatable bonds is 3. The van der Waals surface area contributed by atoms with Crippen molar-refractivity contribution in [1.29, 1.82) is 0 Å². The molecule has 0 atom stereocenters. The van der Waals surface area contributed by atoms with Crippen LogP contribution in [-0.4, -0.2) is 21.1 Å². The number of aromatic nitrogens is 3. The SMILES string of the molecule is CCc1nc(C(=O)Nc2ccc(Br)c3ccccc23)n[nH]1. The largest absolute Gasteiger partial charge is 0.319 e. The molecule has 0 radical (unpaired) electrons. The van der Waals surface area contributed by atoms with E-state index < -0.39 is 0 Å². The van der Waals surface area contributed by atoms with Crippen molar-refractivity contribution in [2.45, 2.75) is 13.3 Å². The first kappa shape index (κ1) is 13.8. The molecule has 0 bridgehead atoms. The first-order valence-electron chi connectivity index (χ1n) is 6.59. The molecule has 2 aromatic carbocycles. The Labute approximate surface area is 129 Å². The number of anilines is 1. The Morgan fingerprint density at radius 2 is 2.00 bits per heavy atom. The first-order valence-corrected chi connectivity index (χ1v) is 7.38. The lowest BCUT2D eigenvalue weighted by molar-refractivity contribution is 0.101. The third-order valence-electron chi connectivity index (χ3n) is 3.19. The molecule has 0 aliphatic rings. The van der Waals surface area contributed by atoms with Gasteiger partial charge in [0.1, 0.15) is 5.82 Å². The number of aryl methyl sites for hydroxylation is 1. The smallest absolute Gasteiger partial charge is 0.295 e. The maximum absolute atomic E-state index is 12.2. The molecular weight excluding hydrogens is 332 g/mol. The highest BCUT2D eigenvalue weighted by Gasteiger charge is 2.14. The van der Waals surface area contributed by atoms with Gasteiger partial charge >= 0.3 is 0 Å². The number of nitrogens with one attached hydrogen (secondary N) is 2. The van der Waals surface area contributed by atoms with Crippen LogP contribution in [0.3, 0.4) is 0 Å². The molecule has 0 aliphatic heterocycles. The van der Waals surface area contributed by atoms with Gasteiger partial charge in [0.05, 0.1) is 0 Å². The van der Waals surface area contributed by atoms with Crippen LogP contribution in [0.4, 0.5) is 5.69 Å². The highest BCUT2D eigenvalue weighted by Crippen LogP contribution is 2.30. The van der Waals surface area contributed by atoms with Gasteiger partial charge in [0.2, 0.25) is 5.82 Å². The van der Waals surface area contributed by atoms with Crippen LogP contribution < -0.4 is 5.32 Å². The molecule has 0 saturated carbocycles. The van der Waals surface area contributed by atoms with Crippen molar-refractivity contribution >= 4 is 38.3 Å². The van der Waals surface area contributed by atoms with E-state index in [0.29, 0.717) is 12.2 Å². The van der Waals surface area contributed by atoms with Crippen molar-refractivity contribution in [2.75, 3.05) is 5.32 Å². The lowest BCUT2D eigenvalue weighted by Crippen LogP contribution is -2.14. The molecule has 21 heavy (non-hydrogen) atoms. The molecular formula is C15H13BrN4O. The van der Waals surface area contributed by atoms with Gasteiger partial charge in [-0.05, 0) is 17.5 Å². The normalized spacial score (nSPS) is 10.8. The van der Waals surface area contributed by atoms with Crippen molar-refractivity contribution in [3.05, 3.63) is 52.5 Å². The number of amides is 1. The van der Waals surface area contributed by atoms with E-state index in [2.05, 4.69) is 36.4 Å². The lowest BCUT2D eigenvalue weighted by Gasteiger charge is -2.08. The zero-order valence-corrected chi connectivity index (χ0v) is 12.9. The van der Waals surface area contributed by atoms with Gasteiger partial charge in [0.25, 0.3) is 5.91 Å².